The number of aromatic amines is 1. The minimum atomic E-state index is -3.83. The molecular weight excluding hydrogens is 312 g/mol. The fourth-order valence-corrected chi connectivity index (χ4v) is 3.40. The molecule has 1 N–H and O–H groups in total. The third kappa shape index (κ3) is 2.67. The number of rotatable bonds is 4. The van der Waals surface area contributed by atoms with Gasteiger partial charge in [-0.3, -0.25) is 0 Å². The van der Waals surface area contributed by atoms with Gasteiger partial charge >= 0.3 is 6.61 Å². The Hall–Kier alpha value is -2.41. The molecule has 0 fully saturated rings. The Balaban J connectivity index is 2.05. The predicted octanol–water partition coefficient (Wildman–Crippen LogP) is 3.40. The second kappa shape index (κ2) is 5.42. The van der Waals surface area contributed by atoms with Crippen LogP contribution < -0.4 is 4.74 Å². The smallest absolute Gasteiger partial charge is 0.387 e. The van der Waals surface area contributed by atoms with Gasteiger partial charge in [0.25, 0.3) is 0 Å². The average molecular weight is 322 g/mol. The SMILES string of the molecule is O=S(=O)(c1cccc(OC(F)F)c1)c1ccc2[c]c[nH]c2c1. The highest BCUT2D eigenvalue weighted by Gasteiger charge is 2.19. The zero-order chi connectivity index (χ0) is 15.7. The fourth-order valence-electron chi connectivity index (χ4n) is 2.08. The van der Waals surface area contributed by atoms with Crippen LogP contribution in [0.15, 0.2) is 58.5 Å². The van der Waals surface area contributed by atoms with Crippen molar-refractivity contribution in [3.63, 3.8) is 0 Å². The molecule has 0 saturated heterocycles. The van der Waals surface area contributed by atoms with Gasteiger partial charge in [0.05, 0.1) is 9.79 Å². The molecule has 0 aliphatic carbocycles. The summed E-state index contributed by atoms with van der Waals surface area (Å²) in [6.45, 7) is -3.01. The number of H-pyrrole nitrogens is 1. The Morgan fingerprint density at radius 1 is 1.09 bits per heavy atom. The van der Waals surface area contributed by atoms with Crippen molar-refractivity contribution >= 4 is 20.7 Å². The number of benzene rings is 2. The van der Waals surface area contributed by atoms with Crippen LogP contribution >= 0.6 is 0 Å². The molecule has 22 heavy (non-hydrogen) atoms. The van der Waals surface area contributed by atoms with Crippen LogP contribution in [0.5, 0.6) is 5.75 Å². The van der Waals surface area contributed by atoms with Crippen molar-refractivity contribution in [3.8, 4) is 5.75 Å². The van der Waals surface area contributed by atoms with Crippen molar-refractivity contribution in [2.45, 2.75) is 16.4 Å². The molecule has 2 aromatic carbocycles. The molecule has 0 aliphatic heterocycles. The summed E-state index contributed by atoms with van der Waals surface area (Å²) in [5.41, 5.74) is 0.626. The number of hydrogen-bond acceptors (Lipinski definition) is 3. The lowest BCUT2D eigenvalue weighted by atomic mass is 10.2. The maximum Gasteiger partial charge on any atom is 0.387 e. The minimum Gasteiger partial charge on any atom is -0.435 e. The predicted molar refractivity (Wildman–Crippen MR) is 75.7 cm³/mol. The van der Waals surface area contributed by atoms with E-state index < -0.39 is 16.4 Å². The van der Waals surface area contributed by atoms with Crippen molar-refractivity contribution in [3.05, 3.63) is 54.7 Å². The second-order valence-corrected chi connectivity index (χ2v) is 6.45. The summed E-state index contributed by atoms with van der Waals surface area (Å²) in [7, 11) is -3.83. The van der Waals surface area contributed by atoms with Crippen molar-refractivity contribution in [2.24, 2.45) is 0 Å². The maximum atomic E-state index is 12.6. The summed E-state index contributed by atoms with van der Waals surface area (Å²) in [6.07, 6.45) is 1.58. The van der Waals surface area contributed by atoms with Crippen molar-refractivity contribution < 1.29 is 21.9 Å². The van der Waals surface area contributed by atoms with E-state index in [0.29, 0.717) is 5.52 Å². The monoisotopic (exact) mass is 322 g/mol. The normalized spacial score (nSPS) is 12.0. The van der Waals surface area contributed by atoms with Gasteiger partial charge in [-0.15, -0.1) is 0 Å². The zero-order valence-corrected chi connectivity index (χ0v) is 11.9. The molecular formula is C15H10F2NO3S. The first-order valence-corrected chi connectivity index (χ1v) is 7.74. The van der Waals surface area contributed by atoms with Crippen LogP contribution in [0.4, 0.5) is 8.78 Å². The number of fused-ring (bicyclic) bond motifs is 1. The number of hydrogen-bond donors (Lipinski definition) is 1. The van der Waals surface area contributed by atoms with E-state index >= 15 is 0 Å². The van der Waals surface area contributed by atoms with Crippen LogP contribution in [-0.2, 0) is 9.84 Å². The van der Waals surface area contributed by atoms with Gasteiger partial charge in [-0.05, 0) is 30.3 Å². The number of aromatic nitrogens is 1. The molecule has 0 spiro atoms. The maximum absolute atomic E-state index is 12.6. The summed E-state index contributed by atoms with van der Waals surface area (Å²) >= 11 is 0. The summed E-state index contributed by atoms with van der Waals surface area (Å²) in [5.74, 6) is -0.203. The fraction of sp³-hybridized carbons (Fsp3) is 0.0667. The third-order valence-electron chi connectivity index (χ3n) is 3.10. The highest BCUT2D eigenvalue weighted by Crippen LogP contribution is 2.27. The van der Waals surface area contributed by atoms with Gasteiger partial charge in [-0.25, -0.2) is 8.42 Å². The van der Waals surface area contributed by atoms with Gasteiger partial charge in [0.1, 0.15) is 5.75 Å². The molecule has 3 rings (SSSR count). The van der Waals surface area contributed by atoms with Crippen molar-refractivity contribution in [2.75, 3.05) is 0 Å². The van der Waals surface area contributed by atoms with Gasteiger partial charge in [-0.2, -0.15) is 8.78 Å². The van der Waals surface area contributed by atoms with Gasteiger partial charge in [-0.1, -0.05) is 12.1 Å². The average Bonchev–Trinajstić information content (AvgIpc) is 2.94. The van der Waals surface area contributed by atoms with E-state index in [1.54, 1.807) is 12.3 Å². The zero-order valence-electron chi connectivity index (χ0n) is 11.1. The molecule has 0 atom stereocenters. The lowest BCUT2D eigenvalue weighted by Crippen LogP contribution is -2.05. The Bertz CT molecular complexity index is 919. The number of halogens is 2. The van der Waals surface area contributed by atoms with Crippen LogP contribution in [0, 0.1) is 6.07 Å². The largest absolute Gasteiger partial charge is 0.435 e. The van der Waals surface area contributed by atoms with E-state index in [1.165, 1.54) is 30.3 Å². The lowest BCUT2D eigenvalue weighted by Gasteiger charge is -2.08. The van der Waals surface area contributed by atoms with E-state index in [1.807, 2.05) is 0 Å². The Morgan fingerprint density at radius 3 is 2.64 bits per heavy atom. The summed E-state index contributed by atoms with van der Waals surface area (Å²) in [4.78, 5) is 2.83. The van der Waals surface area contributed by atoms with E-state index in [0.717, 1.165) is 11.5 Å². The van der Waals surface area contributed by atoms with Gasteiger partial charge in [0, 0.05) is 23.2 Å². The molecule has 113 valence electrons. The first-order chi connectivity index (χ1) is 10.5. The van der Waals surface area contributed by atoms with E-state index in [2.05, 4.69) is 15.8 Å². The molecule has 1 aromatic heterocycles. The first kappa shape index (κ1) is 14.5. The molecule has 0 saturated carbocycles. The van der Waals surface area contributed by atoms with Crippen molar-refractivity contribution in [1.82, 2.24) is 4.98 Å². The summed E-state index contributed by atoms with van der Waals surface area (Å²) in [6, 6.07) is 12.5. The molecule has 0 aliphatic rings. The molecule has 4 nitrogen and oxygen atoms in total. The number of alkyl halides is 2. The second-order valence-electron chi connectivity index (χ2n) is 4.50. The number of sulfone groups is 1. The molecule has 1 heterocycles. The summed E-state index contributed by atoms with van der Waals surface area (Å²) in [5, 5.41) is 0.758. The van der Waals surface area contributed by atoms with Crippen LogP contribution in [0.1, 0.15) is 0 Å². The first-order valence-electron chi connectivity index (χ1n) is 6.25. The molecule has 1 radical (unpaired) electrons. The Kier molecular flexibility index (Phi) is 3.58. The Labute approximate surface area is 125 Å². The van der Waals surface area contributed by atoms with Gasteiger partial charge < -0.3 is 9.72 Å². The molecule has 0 amide bonds. The number of ether oxygens (including phenoxy) is 1. The van der Waals surface area contributed by atoms with Crippen molar-refractivity contribution in [1.29, 1.82) is 0 Å². The molecule has 0 bridgehead atoms. The van der Waals surface area contributed by atoms with Gasteiger partial charge in [0.15, 0.2) is 0 Å². The lowest BCUT2D eigenvalue weighted by molar-refractivity contribution is -0.0499. The van der Waals surface area contributed by atoms with E-state index in [9.17, 15) is 17.2 Å². The molecule has 3 aromatic rings. The van der Waals surface area contributed by atoms with E-state index in [-0.39, 0.29) is 15.5 Å². The third-order valence-corrected chi connectivity index (χ3v) is 4.85. The highest BCUT2D eigenvalue weighted by atomic mass is 32.2. The van der Waals surface area contributed by atoms with Crippen LogP contribution in [0.2, 0.25) is 0 Å². The standard InChI is InChI=1S/C15H10F2NO3S/c16-15(17)21-11-2-1-3-12(8-11)22(19,20)13-5-4-10-6-7-18-14(10)9-13/h1-5,7-9,15,18H. The van der Waals surface area contributed by atoms with Crippen LogP contribution in [0.25, 0.3) is 10.9 Å². The minimum absolute atomic E-state index is 0.0602. The molecule has 0 unspecified atom stereocenters. The van der Waals surface area contributed by atoms with Crippen LogP contribution in [0.3, 0.4) is 0 Å². The number of nitrogens with one attached hydrogen (secondary N) is 1. The summed E-state index contributed by atoms with van der Waals surface area (Å²) < 4.78 is 53.8. The van der Waals surface area contributed by atoms with E-state index in [4.69, 9.17) is 0 Å². The van der Waals surface area contributed by atoms with Crippen LogP contribution in [-0.4, -0.2) is 20.0 Å². The van der Waals surface area contributed by atoms with Gasteiger partial charge in [0.2, 0.25) is 9.84 Å². The Morgan fingerprint density at radius 2 is 1.86 bits per heavy atom. The topological polar surface area (TPSA) is 59.2 Å². The molecule has 7 heteroatoms. The quantitative estimate of drug-likeness (QED) is 0.801. The highest BCUT2D eigenvalue weighted by molar-refractivity contribution is 7.91.